The van der Waals surface area contributed by atoms with Crippen LogP contribution in [0.15, 0.2) is 58.2 Å². The van der Waals surface area contributed by atoms with Crippen LogP contribution in [-0.2, 0) is 17.9 Å². The van der Waals surface area contributed by atoms with Gasteiger partial charge in [0.15, 0.2) is 6.61 Å². The number of nitrogens with zero attached hydrogens (tertiary/aromatic N) is 4. The van der Waals surface area contributed by atoms with Gasteiger partial charge < -0.3 is 14.1 Å². The van der Waals surface area contributed by atoms with Gasteiger partial charge in [0.05, 0.1) is 22.5 Å². The van der Waals surface area contributed by atoms with Crippen LogP contribution < -0.4 is 4.74 Å². The highest BCUT2D eigenvalue weighted by molar-refractivity contribution is 7.99. The fraction of sp³-hybridized carbons (Fsp3) is 0.238. The highest BCUT2D eigenvalue weighted by Gasteiger charge is 2.15. The van der Waals surface area contributed by atoms with Crippen molar-refractivity contribution in [3.8, 4) is 5.75 Å². The molecular formula is C21H20N4O3S2. The molecule has 0 fully saturated rings. The summed E-state index contributed by atoms with van der Waals surface area (Å²) >= 11 is 2.81. The average Bonchev–Trinajstić information content (AvgIpc) is 3.36. The maximum absolute atomic E-state index is 12.5. The van der Waals surface area contributed by atoms with Gasteiger partial charge in [0.25, 0.3) is 11.1 Å². The van der Waals surface area contributed by atoms with Crippen molar-refractivity contribution in [2.75, 3.05) is 12.8 Å². The Kier molecular flexibility index (Phi) is 6.29. The third kappa shape index (κ3) is 5.17. The Balaban J connectivity index is 1.26. The van der Waals surface area contributed by atoms with E-state index in [1.54, 1.807) is 23.3 Å². The number of ether oxygens (including phenoxy) is 1. The second kappa shape index (κ2) is 9.27. The summed E-state index contributed by atoms with van der Waals surface area (Å²) in [6.07, 6.45) is 0. The van der Waals surface area contributed by atoms with E-state index in [0.717, 1.165) is 26.5 Å². The van der Waals surface area contributed by atoms with E-state index in [9.17, 15) is 4.79 Å². The van der Waals surface area contributed by atoms with Crippen LogP contribution in [0.1, 0.15) is 16.5 Å². The van der Waals surface area contributed by atoms with E-state index in [2.05, 4.69) is 15.2 Å². The average molecular weight is 441 g/mol. The number of fused-ring (bicyclic) bond motifs is 1. The van der Waals surface area contributed by atoms with E-state index in [1.165, 1.54) is 11.8 Å². The molecular weight excluding hydrogens is 420 g/mol. The fourth-order valence-electron chi connectivity index (χ4n) is 2.72. The van der Waals surface area contributed by atoms with Crippen LogP contribution in [0.5, 0.6) is 5.75 Å². The molecule has 0 atom stereocenters. The highest BCUT2D eigenvalue weighted by atomic mass is 32.2. The van der Waals surface area contributed by atoms with E-state index < -0.39 is 0 Å². The standard InChI is InChI=1S/C21H20N4O3S2/c1-14-6-5-7-15(10-14)27-12-18-23-24-21(28-18)29-13-20(26)25(2)11-19-22-16-8-3-4-9-17(16)30-19/h3-10H,11-13H2,1-2H3. The predicted molar refractivity (Wildman–Crippen MR) is 117 cm³/mol. The van der Waals surface area contributed by atoms with Crippen molar-refractivity contribution in [2.45, 2.75) is 25.3 Å². The van der Waals surface area contributed by atoms with Crippen LogP contribution in [0.3, 0.4) is 0 Å². The smallest absolute Gasteiger partial charge is 0.277 e. The zero-order valence-electron chi connectivity index (χ0n) is 16.6. The lowest BCUT2D eigenvalue weighted by Crippen LogP contribution is -2.27. The number of hydrogen-bond donors (Lipinski definition) is 0. The fourth-order valence-corrected chi connectivity index (χ4v) is 4.46. The van der Waals surface area contributed by atoms with Gasteiger partial charge in [0, 0.05) is 7.05 Å². The minimum absolute atomic E-state index is 0.0324. The second-order valence-corrected chi connectivity index (χ2v) is 8.72. The number of thioether (sulfide) groups is 1. The van der Waals surface area contributed by atoms with Crippen molar-refractivity contribution in [2.24, 2.45) is 0 Å². The summed E-state index contributed by atoms with van der Waals surface area (Å²) in [6.45, 7) is 2.65. The number of carbonyl (C=O) groups excluding carboxylic acids is 1. The molecule has 4 aromatic rings. The molecule has 0 N–H and O–H groups in total. The predicted octanol–water partition coefficient (Wildman–Crippen LogP) is 4.32. The quantitative estimate of drug-likeness (QED) is 0.378. The van der Waals surface area contributed by atoms with Crippen molar-refractivity contribution in [1.82, 2.24) is 20.1 Å². The van der Waals surface area contributed by atoms with E-state index in [-0.39, 0.29) is 18.3 Å². The van der Waals surface area contributed by atoms with E-state index in [1.807, 2.05) is 55.5 Å². The number of aromatic nitrogens is 3. The monoisotopic (exact) mass is 440 g/mol. The van der Waals surface area contributed by atoms with Gasteiger partial charge in [-0.15, -0.1) is 21.5 Å². The molecule has 7 nitrogen and oxygen atoms in total. The van der Waals surface area contributed by atoms with Gasteiger partial charge in [-0.25, -0.2) is 4.98 Å². The van der Waals surface area contributed by atoms with Crippen molar-refractivity contribution in [1.29, 1.82) is 0 Å². The van der Waals surface area contributed by atoms with E-state index in [0.29, 0.717) is 17.7 Å². The number of carbonyl (C=O) groups is 1. The topological polar surface area (TPSA) is 81.4 Å². The number of benzene rings is 2. The molecule has 0 saturated heterocycles. The second-order valence-electron chi connectivity index (χ2n) is 6.68. The SMILES string of the molecule is Cc1cccc(OCc2nnc(SCC(=O)N(C)Cc3nc4ccccc4s3)o2)c1. The normalized spacial score (nSPS) is 11.0. The molecule has 0 unspecified atom stereocenters. The number of hydrogen-bond acceptors (Lipinski definition) is 8. The first-order chi connectivity index (χ1) is 14.6. The molecule has 0 radical (unpaired) electrons. The molecule has 1 amide bonds. The molecule has 4 rings (SSSR count). The number of amides is 1. The lowest BCUT2D eigenvalue weighted by molar-refractivity contribution is -0.127. The van der Waals surface area contributed by atoms with Gasteiger partial charge in [-0.3, -0.25) is 4.79 Å². The molecule has 9 heteroatoms. The molecule has 0 aliphatic heterocycles. The zero-order valence-corrected chi connectivity index (χ0v) is 18.2. The minimum Gasteiger partial charge on any atom is -0.484 e. The molecule has 0 saturated carbocycles. The number of para-hydroxylation sites is 1. The van der Waals surface area contributed by atoms with Gasteiger partial charge in [0.2, 0.25) is 5.91 Å². The van der Waals surface area contributed by atoms with Gasteiger partial charge in [-0.05, 0) is 36.8 Å². The Labute approximate surface area is 182 Å². The van der Waals surface area contributed by atoms with Crippen molar-refractivity contribution >= 4 is 39.2 Å². The molecule has 0 bridgehead atoms. The van der Waals surface area contributed by atoms with Crippen molar-refractivity contribution in [3.63, 3.8) is 0 Å². The Bertz CT molecular complexity index is 1120. The van der Waals surface area contributed by atoms with Crippen molar-refractivity contribution in [3.05, 3.63) is 65.0 Å². The summed E-state index contributed by atoms with van der Waals surface area (Å²) in [6, 6.07) is 15.7. The molecule has 2 heterocycles. The van der Waals surface area contributed by atoms with Crippen LogP contribution in [0.2, 0.25) is 0 Å². The van der Waals surface area contributed by atoms with Crippen LogP contribution in [0.4, 0.5) is 0 Å². The van der Waals surface area contributed by atoms with Crippen LogP contribution >= 0.6 is 23.1 Å². The highest BCUT2D eigenvalue weighted by Crippen LogP contribution is 2.23. The molecule has 2 aromatic carbocycles. The van der Waals surface area contributed by atoms with Gasteiger partial charge in [-0.2, -0.15) is 0 Å². The summed E-state index contributed by atoms with van der Waals surface area (Å²) in [5.74, 6) is 1.29. The Morgan fingerprint density at radius 1 is 1.20 bits per heavy atom. The molecule has 0 aliphatic carbocycles. The molecule has 154 valence electrons. The molecule has 30 heavy (non-hydrogen) atoms. The summed E-state index contributed by atoms with van der Waals surface area (Å²) in [5.41, 5.74) is 2.07. The number of aryl methyl sites for hydroxylation is 1. The Hall–Kier alpha value is -2.91. The minimum atomic E-state index is -0.0324. The first-order valence-electron chi connectivity index (χ1n) is 9.30. The number of rotatable bonds is 8. The molecule has 0 spiro atoms. The largest absolute Gasteiger partial charge is 0.484 e. The van der Waals surface area contributed by atoms with E-state index >= 15 is 0 Å². The Morgan fingerprint density at radius 2 is 2.07 bits per heavy atom. The maximum Gasteiger partial charge on any atom is 0.277 e. The van der Waals surface area contributed by atoms with Crippen molar-refractivity contribution < 1.29 is 13.9 Å². The van der Waals surface area contributed by atoms with Crippen LogP contribution in [-0.4, -0.2) is 38.8 Å². The van der Waals surface area contributed by atoms with E-state index in [4.69, 9.17) is 9.15 Å². The number of thiazole rings is 1. The lowest BCUT2D eigenvalue weighted by Gasteiger charge is -2.14. The lowest BCUT2D eigenvalue weighted by atomic mass is 10.2. The molecule has 2 aromatic heterocycles. The van der Waals surface area contributed by atoms with Gasteiger partial charge in [0.1, 0.15) is 10.8 Å². The third-order valence-electron chi connectivity index (χ3n) is 4.26. The van der Waals surface area contributed by atoms with Gasteiger partial charge in [-0.1, -0.05) is 36.0 Å². The van der Waals surface area contributed by atoms with Gasteiger partial charge >= 0.3 is 0 Å². The maximum atomic E-state index is 12.5. The summed E-state index contributed by atoms with van der Waals surface area (Å²) in [7, 11) is 1.77. The first-order valence-corrected chi connectivity index (χ1v) is 11.1. The zero-order chi connectivity index (χ0) is 20.9. The van der Waals surface area contributed by atoms with Crippen LogP contribution in [0.25, 0.3) is 10.2 Å². The molecule has 0 aliphatic rings. The summed E-state index contributed by atoms with van der Waals surface area (Å²) in [5, 5.41) is 9.20. The first kappa shape index (κ1) is 20.4. The summed E-state index contributed by atoms with van der Waals surface area (Å²) in [4.78, 5) is 18.7. The third-order valence-corrected chi connectivity index (χ3v) is 6.08. The Morgan fingerprint density at radius 3 is 2.90 bits per heavy atom. The van der Waals surface area contributed by atoms with Crippen LogP contribution in [0, 0.1) is 6.92 Å². The summed E-state index contributed by atoms with van der Waals surface area (Å²) < 4.78 is 12.3.